The number of rotatable bonds is 2. The number of aliphatic hydroxyl groups excluding tert-OH is 2. The molecule has 6 heteroatoms. The molecular weight excluding hydrogens is 200 g/mol. The van der Waals surface area contributed by atoms with E-state index in [1.807, 2.05) is 13.8 Å². The van der Waals surface area contributed by atoms with Crippen LogP contribution in [0.1, 0.15) is 13.8 Å². The van der Waals surface area contributed by atoms with Crippen molar-refractivity contribution in [3.05, 3.63) is 0 Å². The maximum atomic E-state index is 8.05. The highest BCUT2D eigenvalue weighted by Gasteiger charge is 2.25. The summed E-state index contributed by atoms with van der Waals surface area (Å²) in [5.41, 5.74) is 10.5. The van der Waals surface area contributed by atoms with Crippen molar-refractivity contribution in [3.8, 4) is 0 Å². The molecule has 6 N–H and O–H groups in total. The third kappa shape index (κ3) is 7.66. The van der Waals surface area contributed by atoms with E-state index < -0.39 is 11.8 Å². The van der Waals surface area contributed by atoms with Crippen LogP contribution in [0.25, 0.3) is 0 Å². The lowest BCUT2D eigenvalue weighted by Crippen LogP contribution is -2.45. The van der Waals surface area contributed by atoms with E-state index in [0.717, 1.165) is 0 Å². The largest absolute Gasteiger partial charge is 0.395 e. The quantitative estimate of drug-likeness (QED) is 0.447. The predicted molar refractivity (Wildman–Crippen MR) is 56.1 cm³/mol. The third-order valence-corrected chi connectivity index (χ3v) is 1.76. The maximum Gasteiger partial charge on any atom is 0.162 e. The first kappa shape index (κ1) is 14.8. The molecule has 6 nitrogen and oxygen atoms in total. The van der Waals surface area contributed by atoms with Crippen LogP contribution in [-0.4, -0.2) is 54.5 Å². The van der Waals surface area contributed by atoms with Gasteiger partial charge in [0.15, 0.2) is 5.79 Å². The summed E-state index contributed by atoms with van der Waals surface area (Å²) in [5.74, 6) is -0.421. The molecule has 1 rings (SSSR count). The highest BCUT2D eigenvalue weighted by atomic mass is 16.7. The average molecular weight is 222 g/mol. The molecule has 0 amide bonds. The molecule has 0 unspecified atom stereocenters. The molecule has 0 radical (unpaired) electrons. The number of hydrogen-bond donors (Lipinski definition) is 4. The van der Waals surface area contributed by atoms with Gasteiger partial charge >= 0.3 is 0 Å². The van der Waals surface area contributed by atoms with Gasteiger partial charge in [0, 0.05) is 0 Å². The molecule has 1 saturated heterocycles. The lowest BCUT2D eigenvalue weighted by molar-refractivity contribution is -0.249. The monoisotopic (exact) mass is 222 g/mol. The van der Waals surface area contributed by atoms with Crippen molar-refractivity contribution in [3.63, 3.8) is 0 Å². The molecule has 1 fully saturated rings. The maximum absolute atomic E-state index is 8.05. The van der Waals surface area contributed by atoms with Crippen LogP contribution >= 0.6 is 0 Å². The molecule has 0 aromatic heterocycles. The number of hydrogen-bond acceptors (Lipinski definition) is 6. The smallest absolute Gasteiger partial charge is 0.162 e. The zero-order chi connectivity index (χ0) is 11.9. The van der Waals surface area contributed by atoms with Gasteiger partial charge in [-0.25, -0.2) is 0 Å². The molecule has 0 aliphatic carbocycles. The normalized spacial score (nSPS) is 21.0. The molecule has 1 heterocycles. The van der Waals surface area contributed by atoms with E-state index in [2.05, 4.69) is 0 Å². The van der Waals surface area contributed by atoms with Gasteiger partial charge in [-0.2, -0.15) is 0 Å². The Morgan fingerprint density at radius 2 is 1.67 bits per heavy atom. The van der Waals surface area contributed by atoms with E-state index in [9.17, 15) is 0 Å². The van der Waals surface area contributed by atoms with Crippen LogP contribution in [0.4, 0.5) is 0 Å². The van der Waals surface area contributed by atoms with Gasteiger partial charge in [-0.3, -0.25) is 0 Å². The van der Waals surface area contributed by atoms with Gasteiger partial charge in [0.25, 0.3) is 0 Å². The van der Waals surface area contributed by atoms with Gasteiger partial charge in [0.05, 0.1) is 38.5 Å². The standard InChI is InChI=1S/C6H13NO2.C3H9NO2/c1-6(2)8-3-5(7)4-9-6;4-3(1-5)2-6/h5H,3-4,7H2,1-2H3;3,5-6H,1-2,4H2. The fraction of sp³-hybridized carbons (Fsp3) is 1.00. The lowest BCUT2D eigenvalue weighted by atomic mass is 10.3. The summed E-state index contributed by atoms with van der Waals surface area (Å²) in [5, 5.41) is 16.1. The Kier molecular flexibility index (Phi) is 6.99. The van der Waals surface area contributed by atoms with Crippen LogP contribution in [0.5, 0.6) is 0 Å². The van der Waals surface area contributed by atoms with E-state index in [1.54, 1.807) is 0 Å². The van der Waals surface area contributed by atoms with Crippen molar-refractivity contribution in [2.45, 2.75) is 31.7 Å². The van der Waals surface area contributed by atoms with Gasteiger partial charge in [-0.15, -0.1) is 0 Å². The van der Waals surface area contributed by atoms with Crippen LogP contribution in [0.3, 0.4) is 0 Å². The molecule has 15 heavy (non-hydrogen) atoms. The number of nitrogens with two attached hydrogens (primary N) is 2. The summed E-state index contributed by atoms with van der Waals surface area (Å²) < 4.78 is 10.5. The molecule has 0 atom stereocenters. The number of ether oxygens (including phenoxy) is 2. The van der Waals surface area contributed by atoms with Crippen molar-refractivity contribution in [1.29, 1.82) is 0 Å². The van der Waals surface area contributed by atoms with Crippen LogP contribution in [-0.2, 0) is 9.47 Å². The second-order valence-corrected chi connectivity index (χ2v) is 3.91. The second-order valence-electron chi connectivity index (χ2n) is 3.91. The summed E-state index contributed by atoms with van der Waals surface area (Å²) in [6.45, 7) is 4.70. The summed E-state index contributed by atoms with van der Waals surface area (Å²) in [6.07, 6.45) is 0. The van der Waals surface area contributed by atoms with Gasteiger partial charge in [0.2, 0.25) is 0 Å². The minimum atomic E-state index is -0.454. The Balaban J connectivity index is 0.000000288. The lowest BCUT2D eigenvalue weighted by Gasteiger charge is -2.33. The van der Waals surface area contributed by atoms with Crippen molar-refractivity contribution >= 4 is 0 Å². The zero-order valence-corrected chi connectivity index (χ0v) is 9.35. The van der Waals surface area contributed by atoms with E-state index in [4.69, 9.17) is 31.2 Å². The molecule has 0 saturated carbocycles. The minimum absolute atomic E-state index is 0.0537. The zero-order valence-electron chi connectivity index (χ0n) is 9.35. The Labute approximate surface area is 90.2 Å². The van der Waals surface area contributed by atoms with Gasteiger partial charge in [0.1, 0.15) is 0 Å². The molecular formula is C9H22N2O4. The highest BCUT2D eigenvalue weighted by molar-refractivity contribution is 4.68. The molecule has 0 aromatic rings. The van der Waals surface area contributed by atoms with Crippen LogP contribution in [0, 0.1) is 0 Å². The Morgan fingerprint density at radius 1 is 1.27 bits per heavy atom. The van der Waals surface area contributed by atoms with E-state index in [1.165, 1.54) is 0 Å². The molecule has 0 spiro atoms. The molecule has 0 aromatic carbocycles. The Bertz CT molecular complexity index is 152. The minimum Gasteiger partial charge on any atom is -0.395 e. The summed E-state index contributed by atoms with van der Waals surface area (Å²) in [7, 11) is 0. The van der Waals surface area contributed by atoms with Crippen LogP contribution in [0.2, 0.25) is 0 Å². The molecule has 0 bridgehead atoms. The molecule has 92 valence electrons. The van der Waals surface area contributed by atoms with E-state index in [0.29, 0.717) is 13.2 Å². The van der Waals surface area contributed by atoms with Crippen molar-refractivity contribution in [1.82, 2.24) is 0 Å². The predicted octanol–water partition coefficient (Wildman–Crippen LogP) is -1.61. The first-order chi connectivity index (χ1) is 6.91. The SMILES string of the molecule is CC1(C)OCC(N)CO1.NC(CO)CO. The summed E-state index contributed by atoms with van der Waals surface area (Å²) in [6, 6.07) is -0.400. The third-order valence-electron chi connectivity index (χ3n) is 1.76. The Morgan fingerprint density at radius 3 is 1.87 bits per heavy atom. The van der Waals surface area contributed by atoms with Crippen LogP contribution < -0.4 is 11.5 Å². The van der Waals surface area contributed by atoms with Crippen molar-refractivity contribution < 1.29 is 19.7 Å². The second kappa shape index (κ2) is 7.10. The van der Waals surface area contributed by atoms with Gasteiger partial charge in [-0.05, 0) is 13.8 Å². The highest BCUT2D eigenvalue weighted by Crippen LogP contribution is 2.15. The van der Waals surface area contributed by atoms with E-state index in [-0.39, 0.29) is 19.3 Å². The number of aliphatic hydroxyl groups is 2. The van der Waals surface area contributed by atoms with Crippen molar-refractivity contribution in [2.24, 2.45) is 11.5 Å². The average Bonchev–Trinajstić information content (AvgIpc) is 2.22. The fourth-order valence-electron chi connectivity index (χ4n) is 0.763. The molecule has 1 aliphatic rings. The molecule has 1 aliphatic heterocycles. The van der Waals surface area contributed by atoms with Gasteiger partial charge < -0.3 is 31.2 Å². The Hall–Kier alpha value is -0.240. The van der Waals surface area contributed by atoms with Crippen LogP contribution in [0.15, 0.2) is 0 Å². The first-order valence-corrected chi connectivity index (χ1v) is 4.92. The van der Waals surface area contributed by atoms with Crippen molar-refractivity contribution in [2.75, 3.05) is 26.4 Å². The van der Waals surface area contributed by atoms with Gasteiger partial charge in [-0.1, -0.05) is 0 Å². The topological polar surface area (TPSA) is 111 Å². The van der Waals surface area contributed by atoms with E-state index >= 15 is 0 Å². The first-order valence-electron chi connectivity index (χ1n) is 4.92. The fourth-order valence-corrected chi connectivity index (χ4v) is 0.763. The summed E-state index contributed by atoms with van der Waals surface area (Å²) in [4.78, 5) is 0. The summed E-state index contributed by atoms with van der Waals surface area (Å²) >= 11 is 0.